The van der Waals surface area contributed by atoms with Crippen LogP contribution in [0, 0.1) is 5.92 Å². The smallest absolute Gasteiger partial charge is 0.310 e. The van der Waals surface area contributed by atoms with Crippen LogP contribution < -0.4 is 5.73 Å². The van der Waals surface area contributed by atoms with E-state index >= 15 is 0 Å². The second-order valence-corrected chi connectivity index (χ2v) is 5.99. The van der Waals surface area contributed by atoms with Crippen LogP contribution in [0.3, 0.4) is 0 Å². The van der Waals surface area contributed by atoms with Gasteiger partial charge in [-0.3, -0.25) is 9.59 Å². The van der Waals surface area contributed by atoms with Crippen molar-refractivity contribution in [3.63, 3.8) is 0 Å². The Hall–Kier alpha value is -1.56. The molecule has 0 saturated carbocycles. The Bertz CT molecular complexity index is 548. The third kappa shape index (κ3) is 3.75. The fourth-order valence-electron chi connectivity index (χ4n) is 2.51. The highest BCUT2D eigenvalue weighted by Crippen LogP contribution is 2.24. The third-order valence-corrected chi connectivity index (χ3v) is 4.07. The number of carbonyl (C=O) groups excluding carboxylic acids is 2. The lowest BCUT2D eigenvalue weighted by atomic mass is 9.97. The van der Waals surface area contributed by atoms with Crippen LogP contribution in [-0.2, 0) is 9.53 Å². The predicted molar refractivity (Wildman–Crippen MR) is 83.8 cm³/mol. The number of piperidine rings is 1. The first-order valence-corrected chi connectivity index (χ1v) is 7.83. The summed E-state index contributed by atoms with van der Waals surface area (Å²) in [6.45, 7) is 3.19. The van der Waals surface area contributed by atoms with Crippen LogP contribution in [0.1, 0.15) is 30.1 Å². The van der Waals surface area contributed by atoms with Crippen molar-refractivity contribution in [1.82, 2.24) is 4.90 Å². The van der Waals surface area contributed by atoms with E-state index in [2.05, 4.69) is 15.9 Å². The second kappa shape index (κ2) is 6.93. The fraction of sp³-hybridized carbons (Fsp3) is 0.467. The fourth-order valence-corrected chi connectivity index (χ4v) is 2.89. The molecule has 0 spiro atoms. The number of nitrogens with two attached hydrogens (primary N) is 1. The first kappa shape index (κ1) is 15.8. The summed E-state index contributed by atoms with van der Waals surface area (Å²) in [5.41, 5.74) is 6.81. The van der Waals surface area contributed by atoms with Crippen molar-refractivity contribution in [3.05, 3.63) is 28.2 Å². The number of anilines is 1. The number of amides is 1. The van der Waals surface area contributed by atoms with E-state index in [0.717, 1.165) is 17.3 Å². The van der Waals surface area contributed by atoms with Gasteiger partial charge in [0.25, 0.3) is 5.91 Å². The summed E-state index contributed by atoms with van der Waals surface area (Å²) in [6, 6.07) is 5.20. The van der Waals surface area contributed by atoms with Gasteiger partial charge in [-0.15, -0.1) is 0 Å². The summed E-state index contributed by atoms with van der Waals surface area (Å²) in [4.78, 5) is 26.0. The lowest BCUT2D eigenvalue weighted by Gasteiger charge is -2.31. The SMILES string of the molecule is CCOC(=O)C1CCCN(C(=O)c2ccc(Br)cc2N)C1. The molecule has 1 fully saturated rings. The molecule has 1 atom stereocenters. The summed E-state index contributed by atoms with van der Waals surface area (Å²) in [5.74, 6) is -0.591. The molecule has 1 aromatic rings. The Labute approximate surface area is 132 Å². The minimum Gasteiger partial charge on any atom is -0.466 e. The number of nitrogens with zero attached hydrogens (tertiary/aromatic N) is 1. The number of nitrogen functional groups attached to an aromatic ring is 1. The van der Waals surface area contributed by atoms with Gasteiger partial charge in [-0.05, 0) is 38.0 Å². The average Bonchev–Trinajstić information content (AvgIpc) is 2.47. The van der Waals surface area contributed by atoms with Crippen molar-refractivity contribution < 1.29 is 14.3 Å². The quantitative estimate of drug-likeness (QED) is 0.668. The van der Waals surface area contributed by atoms with Gasteiger partial charge >= 0.3 is 5.97 Å². The van der Waals surface area contributed by atoms with Crippen molar-refractivity contribution >= 4 is 33.5 Å². The zero-order valence-electron chi connectivity index (χ0n) is 12.0. The first-order chi connectivity index (χ1) is 10.0. The molecule has 1 aliphatic heterocycles. The number of rotatable bonds is 3. The molecule has 1 heterocycles. The summed E-state index contributed by atoms with van der Waals surface area (Å²) >= 11 is 3.32. The van der Waals surface area contributed by atoms with Crippen LogP contribution in [0.2, 0.25) is 0 Å². The highest BCUT2D eigenvalue weighted by Gasteiger charge is 2.30. The van der Waals surface area contributed by atoms with Crippen LogP contribution in [-0.4, -0.2) is 36.5 Å². The molecule has 0 aromatic heterocycles. The highest BCUT2D eigenvalue weighted by molar-refractivity contribution is 9.10. The van der Waals surface area contributed by atoms with E-state index < -0.39 is 0 Å². The molecule has 1 aromatic carbocycles. The molecule has 0 aliphatic carbocycles. The standard InChI is InChI=1S/C15H19BrN2O3/c1-2-21-15(20)10-4-3-7-18(9-10)14(19)12-6-5-11(16)8-13(12)17/h5-6,8,10H,2-4,7,9,17H2,1H3. The van der Waals surface area contributed by atoms with E-state index in [4.69, 9.17) is 10.5 Å². The predicted octanol–water partition coefficient (Wildman–Crippen LogP) is 2.45. The van der Waals surface area contributed by atoms with Gasteiger partial charge < -0.3 is 15.4 Å². The zero-order valence-corrected chi connectivity index (χ0v) is 13.6. The van der Waals surface area contributed by atoms with E-state index in [9.17, 15) is 9.59 Å². The van der Waals surface area contributed by atoms with Crippen LogP contribution in [0.4, 0.5) is 5.69 Å². The molecule has 1 aliphatic rings. The van der Waals surface area contributed by atoms with Gasteiger partial charge in [-0.25, -0.2) is 0 Å². The molecule has 5 nitrogen and oxygen atoms in total. The number of esters is 1. The van der Waals surface area contributed by atoms with E-state index in [-0.39, 0.29) is 17.8 Å². The van der Waals surface area contributed by atoms with Gasteiger partial charge in [0, 0.05) is 23.2 Å². The topological polar surface area (TPSA) is 72.6 Å². The normalized spacial score (nSPS) is 18.4. The van der Waals surface area contributed by atoms with Crippen molar-refractivity contribution in [2.75, 3.05) is 25.4 Å². The number of hydrogen-bond acceptors (Lipinski definition) is 4. The Morgan fingerprint density at radius 3 is 2.90 bits per heavy atom. The van der Waals surface area contributed by atoms with Gasteiger partial charge in [0.2, 0.25) is 0 Å². The van der Waals surface area contributed by atoms with Crippen molar-refractivity contribution in [2.45, 2.75) is 19.8 Å². The van der Waals surface area contributed by atoms with E-state index in [1.807, 2.05) is 0 Å². The van der Waals surface area contributed by atoms with Crippen molar-refractivity contribution in [3.8, 4) is 0 Å². The molecular formula is C15H19BrN2O3. The second-order valence-electron chi connectivity index (χ2n) is 5.07. The molecule has 1 unspecified atom stereocenters. The van der Waals surface area contributed by atoms with Crippen LogP contribution in [0.15, 0.2) is 22.7 Å². The number of halogens is 1. The number of carbonyl (C=O) groups is 2. The van der Waals surface area contributed by atoms with Crippen LogP contribution in [0.5, 0.6) is 0 Å². The van der Waals surface area contributed by atoms with Crippen molar-refractivity contribution in [2.24, 2.45) is 5.92 Å². The average molecular weight is 355 g/mol. The maximum atomic E-state index is 12.5. The number of hydrogen-bond donors (Lipinski definition) is 1. The molecule has 2 N–H and O–H groups in total. The Balaban J connectivity index is 2.10. The molecule has 6 heteroatoms. The molecule has 114 valence electrons. The van der Waals surface area contributed by atoms with E-state index in [1.165, 1.54) is 0 Å². The highest BCUT2D eigenvalue weighted by atomic mass is 79.9. The number of ether oxygens (including phenoxy) is 1. The summed E-state index contributed by atoms with van der Waals surface area (Å²) in [5, 5.41) is 0. The lowest BCUT2D eigenvalue weighted by Crippen LogP contribution is -2.43. The molecule has 1 amide bonds. The number of benzene rings is 1. The zero-order chi connectivity index (χ0) is 15.4. The Morgan fingerprint density at radius 2 is 2.24 bits per heavy atom. The molecule has 21 heavy (non-hydrogen) atoms. The van der Waals surface area contributed by atoms with Gasteiger partial charge in [-0.2, -0.15) is 0 Å². The maximum Gasteiger partial charge on any atom is 0.310 e. The Kier molecular flexibility index (Phi) is 5.22. The van der Waals surface area contributed by atoms with E-state index in [1.54, 1.807) is 30.0 Å². The van der Waals surface area contributed by atoms with Crippen molar-refractivity contribution in [1.29, 1.82) is 0 Å². The summed E-state index contributed by atoms with van der Waals surface area (Å²) in [6.07, 6.45) is 1.56. The Morgan fingerprint density at radius 1 is 1.48 bits per heavy atom. The molecule has 2 rings (SSSR count). The maximum absolute atomic E-state index is 12.5. The third-order valence-electron chi connectivity index (χ3n) is 3.57. The van der Waals surface area contributed by atoms with Gasteiger partial charge in [0.05, 0.1) is 18.1 Å². The van der Waals surface area contributed by atoms with Crippen LogP contribution >= 0.6 is 15.9 Å². The lowest BCUT2D eigenvalue weighted by molar-refractivity contribution is -0.149. The van der Waals surface area contributed by atoms with Gasteiger partial charge in [0.15, 0.2) is 0 Å². The molecular weight excluding hydrogens is 336 g/mol. The number of likely N-dealkylation sites (tertiary alicyclic amines) is 1. The molecule has 1 saturated heterocycles. The monoisotopic (exact) mass is 354 g/mol. The summed E-state index contributed by atoms with van der Waals surface area (Å²) < 4.78 is 5.88. The summed E-state index contributed by atoms with van der Waals surface area (Å²) in [7, 11) is 0. The van der Waals surface area contributed by atoms with Gasteiger partial charge in [-0.1, -0.05) is 15.9 Å². The van der Waals surface area contributed by atoms with Crippen LogP contribution in [0.25, 0.3) is 0 Å². The largest absolute Gasteiger partial charge is 0.466 e. The minimum absolute atomic E-state index is 0.131. The van der Waals surface area contributed by atoms with E-state index in [0.29, 0.717) is 30.9 Å². The minimum atomic E-state index is -0.237. The molecule has 0 bridgehead atoms. The molecule has 0 radical (unpaired) electrons. The first-order valence-electron chi connectivity index (χ1n) is 7.04. The van der Waals surface area contributed by atoms with Gasteiger partial charge in [0.1, 0.15) is 0 Å².